The van der Waals surface area contributed by atoms with Crippen LogP contribution in [0, 0.1) is 0 Å². The van der Waals surface area contributed by atoms with E-state index in [-0.39, 0.29) is 5.91 Å². The third-order valence-corrected chi connectivity index (χ3v) is 5.06. The van der Waals surface area contributed by atoms with Crippen LogP contribution in [0.4, 0.5) is 13.2 Å². The molecule has 0 N–H and O–H groups in total. The number of aryl methyl sites for hydroxylation is 1. The second-order valence-corrected chi connectivity index (χ2v) is 7.37. The predicted molar refractivity (Wildman–Crippen MR) is 115 cm³/mol. The third-order valence-electron chi connectivity index (χ3n) is 5.06. The molecule has 1 heterocycles. The van der Waals surface area contributed by atoms with Gasteiger partial charge in [-0.15, -0.1) is 6.58 Å². The molecule has 1 aromatic heterocycles. The zero-order valence-electron chi connectivity index (χ0n) is 17.2. The van der Waals surface area contributed by atoms with E-state index in [2.05, 4.69) is 6.58 Å². The van der Waals surface area contributed by atoms with Gasteiger partial charge in [-0.1, -0.05) is 48.5 Å². The summed E-state index contributed by atoms with van der Waals surface area (Å²) in [5.74, 6) is 0.00979. The van der Waals surface area contributed by atoms with Crippen LogP contribution in [0.2, 0.25) is 0 Å². The van der Waals surface area contributed by atoms with Crippen LogP contribution in [0.3, 0.4) is 0 Å². The first-order valence-corrected chi connectivity index (χ1v) is 10.1. The van der Waals surface area contributed by atoms with Gasteiger partial charge in [0.2, 0.25) is 5.91 Å². The summed E-state index contributed by atoms with van der Waals surface area (Å²) in [6.07, 6.45) is 0.156. The van der Waals surface area contributed by atoms with Crippen molar-refractivity contribution in [2.45, 2.75) is 32.1 Å². The van der Waals surface area contributed by atoms with Gasteiger partial charge in [-0.25, -0.2) is 0 Å². The maximum absolute atomic E-state index is 13.0. The highest BCUT2D eigenvalue weighted by molar-refractivity contribution is 5.76. The van der Waals surface area contributed by atoms with Crippen molar-refractivity contribution in [3.63, 3.8) is 0 Å². The van der Waals surface area contributed by atoms with E-state index < -0.39 is 11.7 Å². The minimum Gasteiger partial charge on any atom is -0.345 e. The SMILES string of the molecule is C=CCN(Cc1cccn1Cc1cccc(C(F)(F)F)c1)C(=O)CCc1ccccc1. The largest absolute Gasteiger partial charge is 0.416 e. The number of aromatic nitrogens is 1. The number of hydrogen-bond acceptors (Lipinski definition) is 1. The number of hydrogen-bond donors (Lipinski definition) is 0. The summed E-state index contributed by atoms with van der Waals surface area (Å²) in [5.41, 5.74) is 1.84. The van der Waals surface area contributed by atoms with Gasteiger partial charge in [-0.3, -0.25) is 4.79 Å². The summed E-state index contributed by atoms with van der Waals surface area (Å²) < 4.78 is 40.9. The lowest BCUT2D eigenvalue weighted by atomic mass is 10.1. The number of rotatable bonds is 9. The van der Waals surface area contributed by atoms with Crippen molar-refractivity contribution in [3.8, 4) is 0 Å². The summed E-state index contributed by atoms with van der Waals surface area (Å²) in [6, 6.07) is 18.9. The molecule has 0 aliphatic heterocycles. The van der Waals surface area contributed by atoms with Crippen molar-refractivity contribution >= 4 is 5.91 Å². The number of halogens is 3. The summed E-state index contributed by atoms with van der Waals surface area (Å²) >= 11 is 0. The zero-order chi connectivity index (χ0) is 22.3. The van der Waals surface area contributed by atoms with Gasteiger partial charge in [0.25, 0.3) is 0 Å². The third kappa shape index (κ3) is 6.35. The van der Waals surface area contributed by atoms with E-state index in [1.165, 1.54) is 6.07 Å². The Hall–Kier alpha value is -3.28. The first kappa shape index (κ1) is 22.4. The second-order valence-electron chi connectivity index (χ2n) is 7.37. The van der Waals surface area contributed by atoms with E-state index in [1.807, 2.05) is 53.2 Å². The Morgan fingerprint density at radius 2 is 1.74 bits per heavy atom. The molecule has 0 aliphatic rings. The van der Waals surface area contributed by atoms with E-state index >= 15 is 0 Å². The molecule has 0 unspecified atom stereocenters. The van der Waals surface area contributed by atoms with Gasteiger partial charge in [0.05, 0.1) is 12.1 Å². The van der Waals surface area contributed by atoms with Crippen molar-refractivity contribution in [3.05, 3.63) is 108 Å². The molecule has 0 radical (unpaired) electrons. The van der Waals surface area contributed by atoms with Crippen LogP contribution in [0.15, 0.2) is 85.6 Å². The van der Waals surface area contributed by atoms with Crippen LogP contribution in [-0.2, 0) is 30.5 Å². The molecule has 6 heteroatoms. The fourth-order valence-electron chi connectivity index (χ4n) is 3.45. The molecule has 31 heavy (non-hydrogen) atoms. The van der Waals surface area contributed by atoms with E-state index in [1.54, 1.807) is 17.0 Å². The monoisotopic (exact) mass is 426 g/mol. The van der Waals surface area contributed by atoms with Gasteiger partial charge < -0.3 is 9.47 Å². The molecule has 0 fully saturated rings. The highest BCUT2D eigenvalue weighted by Gasteiger charge is 2.30. The Bertz CT molecular complexity index is 1010. The number of carbonyl (C=O) groups excluding carboxylic acids is 1. The normalized spacial score (nSPS) is 11.3. The molecule has 162 valence electrons. The number of benzene rings is 2. The van der Waals surface area contributed by atoms with Crippen molar-refractivity contribution in [2.75, 3.05) is 6.54 Å². The Labute approximate surface area is 180 Å². The number of nitrogens with zero attached hydrogens (tertiary/aromatic N) is 2. The van der Waals surface area contributed by atoms with Crippen LogP contribution in [-0.4, -0.2) is 21.9 Å². The van der Waals surface area contributed by atoms with Crippen molar-refractivity contribution in [2.24, 2.45) is 0 Å². The molecule has 3 aromatic rings. The van der Waals surface area contributed by atoms with Crippen molar-refractivity contribution < 1.29 is 18.0 Å². The maximum Gasteiger partial charge on any atom is 0.416 e. The first-order chi connectivity index (χ1) is 14.9. The summed E-state index contributed by atoms with van der Waals surface area (Å²) in [6.45, 7) is 4.82. The molecule has 0 spiro atoms. The van der Waals surface area contributed by atoms with Gasteiger partial charge in [0, 0.05) is 31.4 Å². The predicted octanol–water partition coefficient (Wildman–Crippen LogP) is 5.70. The molecular formula is C25H25F3N2O. The standard InChI is InChI=1S/C25H25F3N2O/c1-2-15-30(24(31)14-13-20-8-4-3-5-9-20)19-23-12-7-16-29(23)18-21-10-6-11-22(17-21)25(26,27)28/h2-12,16-17H,1,13-15,18-19H2. The molecule has 0 saturated heterocycles. The highest BCUT2D eigenvalue weighted by atomic mass is 19.4. The van der Waals surface area contributed by atoms with E-state index in [9.17, 15) is 18.0 Å². The molecule has 3 nitrogen and oxygen atoms in total. The zero-order valence-corrected chi connectivity index (χ0v) is 17.2. The maximum atomic E-state index is 13.0. The van der Waals surface area contributed by atoms with Gasteiger partial charge in [0.1, 0.15) is 0 Å². The molecule has 3 rings (SSSR count). The van der Waals surface area contributed by atoms with Crippen LogP contribution in [0.1, 0.15) is 28.8 Å². The van der Waals surface area contributed by atoms with Crippen LogP contribution < -0.4 is 0 Å². The Balaban J connectivity index is 1.69. The number of alkyl halides is 3. The highest BCUT2D eigenvalue weighted by Crippen LogP contribution is 2.29. The van der Waals surface area contributed by atoms with Gasteiger partial charge >= 0.3 is 6.18 Å². The fraction of sp³-hybridized carbons (Fsp3) is 0.240. The molecule has 0 saturated carbocycles. The minimum absolute atomic E-state index is 0.00979. The Kier molecular flexibility index (Phi) is 7.34. The van der Waals surface area contributed by atoms with Crippen molar-refractivity contribution in [1.82, 2.24) is 9.47 Å². The topological polar surface area (TPSA) is 25.2 Å². The van der Waals surface area contributed by atoms with E-state index in [0.717, 1.165) is 23.4 Å². The second kappa shape index (κ2) is 10.2. The summed E-state index contributed by atoms with van der Waals surface area (Å²) in [7, 11) is 0. The molecule has 0 bridgehead atoms. The van der Waals surface area contributed by atoms with Crippen LogP contribution in [0.5, 0.6) is 0 Å². The van der Waals surface area contributed by atoms with Gasteiger partial charge in [0.15, 0.2) is 0 Å². The van der Waals surface area contributed by atoms with Gasteiger partial charge in [-0.05, 0) is 41.8 Å². The fourth-order valence-corrected chi connectivity index (χ4v) is 3.45. The van der Waals surface area contributed by atoms with E-state index in [0.29, 0.717) is 38.0 Å². The first-order valence-electron chi connectivity index (χ1n) is 10.1. The Morgan fingerprint density at radius 1 is 1.00 bits per heavy atom. The molecule has 2 aromatic carbocycles. The lowest BCUT2D eigenvalue weighted by Crippen LogP contribution is -2.31. The van der Waals surface area contributed by atoms with Crippen molar-refractivity contribution in [1.29, 1.82) is 0 Å². The minimum atomic E-state index is -4.37. The quantitative estimate of drug-likeness (QED) is 0.403. The molecule has 0 atom stereocenters. The average molecular weight is 426 g/mol. The van der Waals surface area contributed by atoms with E-state index in [4.69, 9.17) is 0 Å². The molecule has 1 amide bonds. The molecular weight excluding hydrogens is 401 g/mol. The summed E-state index contributed by atoms with van der Waals surface area (Å²) in [5, 5.41) is 0. The Morgan fingerprint density at radius 3 is 2.45 bits per heavy atom. The lowest BCUT2D eigenvalue weighted by Gasteiger charge is -2.22. The molecule has 0 aliphatic carbocycles. The number of amides is 1. The lowest BCUT2D eigenvalue weighted by molar-refractivity contribution is -0.137. The van der Waals surface area contributed by atoms with Crippen LogP contribution in [0.25, 0.3) is 0 Å². The van der Waals surface area contributed by atoms with Crippen LogP contribution >= 0.6 is 0 Å². The summed E-state index contributed by atoms with van der Waals surface area (Å²) in [4.78, 5) is 14.5. The smallest absolute Gasteiger partial charge is 0.345 e. The van der Waals surface area contributed by atoms with Gasteiger partial charge in [-0.2, -0.15) is 13.2 Å². The average Bonchev–Trinajstić information content (AvgIpc) is 3.18. The number of carbonyl (C=O) groups is 1.